The van der Waals surface area contributed by atoms with Crippen LogP contribution in [-0.4, -0.2) is 78.3 Å². The highest BCUT2D eigenvalue weighted by Gasteiger charge is 2.33. The number of ether oxygens (including phenoxy) is 1. The van der Waals surface area contributed by atoms with E-state index in [1.165, 1.54) is 11.4 Å². The van der Waals surface area contributed by atoms with Gasteiger partial charge in [0.25, 0.3) is 5.91 Å². The molecule has 1 atom stereocenters. The summed E-state index contributed by atoms with van der Waals surface area (Å²) < 4.78 is 5.54. The van der Waals surface area contributed by atoms with Crippen LogP contribution in [0.2, 0.25) is 0 Å². The zero-order valence-electron chi connectivity index (χ0n) is 17.8. The highest BCUT2D eigenvalue weighted by Crippen LogP contribution is 2.30. The molecule has 1 aromatic heterocycles. The summed E-state index contributed by atoms with van der Waals surface area (Å²) in [5.74, 6) is 1.05. The van der Waals surface area contributed by atoms with Crippen LogP contribution in [0.15, 0.2) is 24.3 Å². The molecule has 2 aliphatic heterocycles. The summed E-state index contributed by atoms with van der Waals surface area (Å²) >= 11 is 0. The Morgan fingerprint density at radius 1 is 1.10 bits per heavy atom. The van der Waals surface area contributed by atoms with Crippen molar-refractivity contribution in [3.63, 3.8) is 0 Å². The third-order valence-electron chi connectivity index (χ3n) is 6.95. The number of piperazine rings is 1. The Morgan fingerprint density at radius 2 is 1.93 bits per heavy atom. The molecule has 0 spiro atoms. The van der Waals surface area contributed by atoms with Crippen LogP contribution < -0.4 is 9.64 Å². The summed E-state index contributed by atoms with van der Waals surface area (Å²) in [5.41, 5.74) is 4.17. The van der Waals surface area contributed by atoms with E-state index in [1.807, 2.05) is 17.0 Å². The predicted molar refractivity (Wildman–Crippen MR) is 116 cm³/mol. The quantitative estimate of drug-likeness (QED) is 0.840. The van der Waals surface area contributed by atoms with E-state index in [4.69, 9.17) is 4.74 Å². The Hall–Kier alpha value is -2.54. The molecule has 0 saturated carbocycles. The normalized spacial score (nSPS) is 22.2. The molecule has 1 N–H and O–H groups in total. The second-order valence-electron chi connectivity index (χ2n) is 8.62. The van der Waals surface area contributed by atoms with Gasteiger partial charge in [-0.1, -0.05) is 12.1 Å². The average Bonchev–Trinajstić information content (AvgIpc) is 3.43. The van der Waals surface area contributed by atoms with Gasteiger partial charge in [-0.15, -0.1) is 0 Å². The van der Waals surface area contributed by atoms with Crippen molar-refractivity contribution in [2.45, 2.75) is 38.1 Å². The zero-order valence-corrected chi connectivity index (χ0v) is 17.8. The molecule has 7 nitrogen and oxygen atoms in total. The van der Waals surface area contributed by atoms with E-state index < -0.39 is 0 Å². The molecule has 30 heavy (non-hydrogen) atoms. The fraction of sp³-hybridized carbons (Fsp3) is 0.565. The fourth-order valence-corrected chi connectivity index (χ4v) is 5.30. The number of benzene rings is 1. The molecule has 3 aliphatic rings. The van der Waals surface area contributed by atoms with Crippen LogP contribution in [0.25, 0.3) is 0 Å². The molecular weight excluding hydrogens is 378 g/mol. The van der Waals surface area contributed by atoms with Crippen LogP contribution >= 0.6 is 0 Å². The van der Waals surface area contributed by atoms with Crippen LogP contribution in [-0.2, 0) is 12.8 Å². The van der Waals surface area contributed by atoms with Crippen molar-refractivity contribution >= 4 is 11.6 Å². The number of fused-ring (bicyclic) bond motifs is 1. The lowest BCUT2D eigenvalue weighted by Gasteiger charge is -2.44. The van der Waals surface area contributed by atoms with Crippen LogP contribution in [0.4, 0.5) is 5.69 Å². The minimum absolute atomic E-state index is 0.117. The molecule has 7 heteroatoms. The van der Waals surface area contributed by atoms with E-state index in [0.29, 0.717) is 11.7 Å². The Morgan fingerprint density at radius 3 is 2.77 bits per heavy atom. The summed E-state index contributed by atoms with van der Waals surface area (Å²) in [4.78, 5) is 20.2. The third-order valence-corrected chi connectivity index (χ3v) is 6.95. The first-order chi connectivity index (χ1) is 14.7. The number of hydrogen-bond acceptors (Lipinski definition) is 5. The molecule has 1 amide bonds. The van der Waals surface area contributed by atoms with Gasteiger partial charge in [0, 0.05) is 56.6 Å². The number of anilines is 1. The lowest BCUT2D eigenvalue weighted by atomic mass is 10.0. The Kier molecular flexibility index (Phi) is 5.37. The van der Waals surface area contributed by atoms with E-state index in [1.54, 1.807) is 7.11 Å². The van der Waals surface area contributed by atoms with Crippen molar-refractivity contribution in [1.29, 1.82) is 0 Å². The molecule has 0 bridgehead atoms. The molecule has 5 rings (SSSR count). The number of carbonyl (C=O) groups excluding carboxylic acids is 1. The van der Waals surface area contributed by atoms with Gasteiger partial charge in [0.2, 0.25) is 0 Å². The van der Waals surface area contributed by atoms with Gasteiger partial charge in [-0.2, -0.15) is 5.10 Å². The van der Waals surface area contributed by atoms with Gasteiger partial charge in [0.1, 0.15) is 5.75 Å². The minimum atomic E-state index is 0.117. The van der Waals surface area contributed by atoms with E-state index in [0.717, 1.165) is 82.7 Å². The molecule has 160 valence electrons. The van der Waals surface area contributed by atoms with Crippen LogP contribution in [0.1, 0.15) is 41.0 Å². The highest BCUT2D eigenvalue weighted by molar-refractivity contribution is 5.94. The maximum Gasteiger partial charge on any atom is 0.274 e. The number of carbonyl (C=O) groups is 1. The number of rotatable bonds is 4. The Balaban J connectivity index is 1.21. The van der Waals surface area contributed by atoms with Gasteiger partial charge >= 0.3 is 0 Å². The molecule has 0 radical (unpaired) electrons. The molecular formula is C23H31N5O2. The molecule has 2 aromatic rings. The second kappa shape index (κ2) is 8.30. The molecule has 2 saturated heterocycles. The number of H-pyrrole nitrogens is 1. The highest BCUT2D eigenvalue weighted by atomic mass is 16.5. The predicted octanol–water partition coefficient (Wildman–Crippen LogP) is 2.33. The first kappa shape index (κ1) is 19.4. The number of hydrogen-bond donors (Lipinski definition) is 1. The summed E-state index contributed by atoms with van der Waals surface area (Å²) in [6.45, 7) is 5.66. The number of likely N-dealkylation sites (tertiary alicyclic amines) is 1. The summed E-state index contributed by atoms with van der Waals surface area (Å²) in [6.07, 6.45) is 5.36. The standard InChI is InChI=1S/C23H31N5O2/c1-30-21-10-3-2-9-20(21)27-14-12-26(13-15-27)17-6-5-11-28(16-17)23(29)22-18-7-4-8-19(18)24-25-22/h2-3,9-10,17H,4-8,11-16H2,1H3,(H,24,25)/t17-/m1/s1. The zero-order chi connectivity index (χ0) is 20.5. The smallest absolute Gasteiger partial charge is 0.274 e. The first-order valence-electron chi connectivity index (χ1n) is 11.2. The minimum Gasteiger partial charge on any atom is -0.495 e. The van der Waals surface area contributed by atoms with Crippen molar-refractivity contribution in [3.8, 4) is 5.75 Å². The average molecular weight is 410 g/mol. The Bertz CT molecular complexity index is 903. The largest absolute Gasteiger partial charge is 0.495 e. The number of para-hydroxylation sites is 2. The van der Waals surface area contributed by atoms with Gasteiger partial charge in [0.05, 0.1) is 12.8 Å². The summed E-state index contributed by atoms with van der Waals surface area (Å²) in [5, 5.41) is 7.45. The molecule has 3 heterocycles. The third kappa shape index (κ3) is 3.55. The number of piperidine rings is 1. The maximum absolute atomic E-state index is 13.2. The molecule has 1 aliphatic carbocycles. The van der Waals surface area contributed by atoms with E-state index in [-0.39, 0.29) is 5.91 Å². The number of nitrogens with zero attached hydrogens (tertiary/aromatic N) is 4. The number of aromatic amines is 1. The van der Waals surface area contributed by atoms with Crippen LogP contribution in [0.5, 0.6) is 5.75 Å². The SMILES string of the molecule is COc1ccccc1N1CCN([C@@H]2CCCN(C(=O)c3n[nH]c4c3CCC4)C2)CC1. The number of methoxy groups -OCH3 is 1. The topological polar surface area (TPSA) is 64.7 Å². The molecule has 2 fully saturated rings. The summed E-state index contributed by atoms with van der Waals surface area (Å²) in [7, 11) is 1.73. The maximum atomic E-state index is 13.2. The lowest BCUT2D eigenvalue weighted by molar-refractivity contribution is 0.0557. The van der Waals surface area contributed by atoms with Crippen molar-refractivity contribution in [3.05, 3.63) is 41.2 Å². The van der Waals surface area contributed by atoms with E-state index in [2.05, 4.69) is 32.1 Å². The summed E-state index contributed by atoms with van der Waals surface area (Å²) in [6, 6.07) is 8.69. The van der Waals surface area contributed by atoms with Gasteiger partial charge in [-0.25, -0.2) is 0 Å². The molecule has 0 unspecified atom stereocenters. The molecule has 1 aromatic carbocycles. The van der Waals surface area contributed by atoms with E-state index >= 15 is 0 Å². The van der Waals surface area contributed by atoms with Gasteiger partial charge in [0.15, 0.2) is 5.69 Å². The van der Waals surface area contributed by atoms with E-state index in [9.17, 15) is 4.79 Å². The van der Waals surface area contributed by atoms with Crippen molar-refractivity contribution in [2.24, 2.45) is 0 Å². The first-order valence-corrected chi connectivity index (χ1v) is 11.2. The van der Waals surface area contributed by atoms with Crippen molar-refractivity contribution in [2.75, 3.05) is 51.3 Å². The lowest BCUT2D eigenvalue weighted by Crippen LogP contribution is -2.56. The number of nitrogens with one attached hydrogen (secondary N) is 1. The van der Waals surface area contributed by atoms with Crippen LogP contribution in [0, 0.1) is 0 Å². The second-order valence-corrected chi connectivity index (χ2v) is 8.62. The van der Waals surface area contributed by atoms with Gasteiger partial charge in [-0.3, -0.25) is 14.8 Å². The van der Waals surface area contributed by atoms with Gasteiger partial charge < -0.3 is 14.5 Å². The fourth-order valence-electron chi connectivity index (χ4n) is 5.30. The number of aryl methyl sites for hydroxylation is 1. The monoisotopic (exact) mass is 409 g/mol. The van der Waals surface area contributed by atoms with Crippen molar-refractivity contribution in [1.82, 2.24) is 20.0 Å². The van der Waals surface area contributed by atoms with Crippen molar-refractivity contribution < 1.29 is 9.53 Å². The van der Waals surface area contributed by atoms with Crippen LogP contribution in [0.3, 0.4) is 0 Å². The number of aromatic nitrogens is 2. The number of amides is 1. The van der Waals surface area contributed by atoms with Gasteiger partial charge in [-0.05, 0) is 44.2 Å². The Labute approximate surface area is 178 Å².